The van der Waals surface area contributed by atoms with Crippen LogP contribution >= 0.6 is 11.8 Å². The van der Waals surface area contributed by atoms with Crippen molar-refractivity contribution in [3.8, 4) is 0 Å². The number of carbonyl (C=O) groups excluding carboxylic acids is 1. The normalized spacial score (nSPS) is 16.7. The third-order valence-electron chi connectivity index (χ3n) is 4.48. The fourth-order valence-electron chi connectivity index (χ4n) is 2.80. The number of hydrogen-bond donors (Lipinski definition) is 1. The minimum atomic E-state index is -1.05. The Kier molecular flexibility index (Phi) is 5.51. The predicted octanol–water partition coefficient (Wildman–Crippen LogP) is 4.14. The number of hydrogen-bond acceptors (Lipinski definition) is 6. The number of likely N-dealkylation sites (N-methyl/N-ethyl adjacent to an activating group) is 1. The highest BCUT2D eigenvalue weighted by Crippen LogP contribution is 2.34. The number of aliphatic imine (C=N–C) groups is 1. The fraction of sp³-hybridized carbons (Fsp3) is 0.150. The summed E-state index contributed by atoms with van der Waals surface area (Å²) >= 11 is 1.13. The molecule has 1 heterocycles. The average Bonchev–Trinajstić information content (AvgIpc) is 2.92. The van der Waals surface area contributed by atoms with Crippen molar-refractivity contribution in [2.24, 2.45) is 4.99 Å². The average molecular weight is 411 g/mol. The summed E-state index contributed by atoms with van der Waals surface area (Å²) in [5.41, 5.74) is 2.16. The lowest BCUT2D eigenvalue weighted by Crippen LogP contribution is -2.23. The van der Waals surface area contributed by atoms with E-state index in [-0.39, 0.29) is 17.2 Å². The summed E-state index contributed by atoms with van der Waals surface area (Å²) in [6.45, 7) is 3.31. The maximum Gasteiger partial charge on any atom is 0.336 e. The van der Waals surface area contributed by atoms with Crippen LogP contribution in [0.2, 0.25) is 0 Å². The number of amides is 1. The van der Waals surface area contributed by atoms with E-state index in [2.05, 4.69) is 4.99 Å². The lowest BCUT2D eigenvalue weighted by Gasteiger charge is -2.09. The SMILES string of the molecule is Cc1ccc(/C=C2\SC(=Nc3cccc(C(=O)O)c3C)N(C)C2=O)cc1[N+](=O)[O-]. The Hall–Kier alpha value is -3.46. The van der Waals surface area contributed by atoms with E-state index in [9.17, 15) is 24.8 Å². The molecule has 3 rings (SSSR count). The molecule has 1 saturated heterocycles. The van der Waals surface area contributed by atoms with Gasteiger partial charge in [-0.25, -0.2) is 9.79 Å². The summed E-state index contributed by atoms with van der Waals surface area (Å²) in [5.74, 6) is -1.33. The van der Waals surface area contributed by atoms with E-state index in [1.54, 1.807) is 51.2 Å². The van der Waals surface area contributed by atoms with Crippen LogP contribution in [0.25, 0.3) is 6.08 Å². The van der Waals surface area contributed by atoms with Crippen LogP contribution in [-0.4, -0.2) is 39.0 Å². The number of carboxylic acid groups (broad SMARTS) is 1. The zero-order chi connectivity index (χ0) is 21.3. The lowest BCUT2D eigenvalue weighted by atomic mass is 10.1. The van der Waals surface area contributed by atoms with Crippen molar-refractivity contribution in [1.82, 2.24) is 4.90 Å². The number of thioether (sulfide) groups is 1. The molecule has 0 saturated carbocycles. The third-order valence-corrected chi connectivity index (χ3v) is 5.54. The Balaban J connectivity index is 1.97. The Morgan fingerprint density at radius 1 is 1.28 bits per heavy atom. The van der Waals surface area contributed by atoms with E-state index in [1.807, 2.05) is 0 Å². The summed E-state index contributed by atoms with van der Waals surface area (Å²) in [5, 5.41) is 20.8. The highest BCUT2D eigenvalue weighted by Gasteiger charge is 2.30. The molecule has 29 heavy (non-hydrogen) atoms. The van der Waals surface area contributed by atoms with Crippen LogP contribution in [0.5, 0.6) is 0 Å². The van der Waals surface area contributed by atoms with Crippen molar-refractivity contribution in [2.75, 3.05) is 7.05 Å². The molecule has 2 aromatic carbocycles. The first-order chi connectivity index (χ1) is 13.7. The zero-order valence-corrected chi connectivity index (χ0v) is 16.7. The number of carbonyl (C=O) groups is 2. The van der Waals surface area contributed by atoms with Crippen molar-refractivity contribution in [2.45, 2.75) is 13.8 Å². The molecule has 1 fully saturated rings. The summed E-state index contributed by atoms with van der Waals surface area (Å²) in [4.78, 5) is 40.8. The first kappa shape index (κ1) is 20.3. The molecule has 8 nitrogen and oxygen atoms in total. The second-order valence-electron chi connectivity index (χ2n) is 6.43. The molecule has 0 unspecified atom stereocenters. The van der Waals surface area contributed by atoms with Gasteiger partial charge < -0.3 is 5.11 Å². The Labute approximate surface area is 170 Å². The maximum absolute atomic E-state index is 12.6. The number of benzene rings is 2. The van der Waals surface area contributed by atoms with Crippen molar-refractivity contribution in [1.29, 1.82) is 0 Å². The number of nitro benzene ring substituents is 1. The van der Waals surface area contributed by atoms with E-state index in [4.69, 9.17) is 0 Å². The fourth-order valence-corrected chi connectivity index (χ4v) is 3.78. The molecule has 9 heteroatoms. The number of aryl methyl sites for hydroxylation is 1. The van der Waals surface area contributed by atoms with E-state index < -0.39 is 10.9 Å². The van der Waals surface area contributed by atoms with E-state index in [0.717, 1.165) is 11.8 Å². The van der Waals surface area contributed by atoms with Gasteiger partial charge in [-0.3, -0.25) is 19.8 Å². The Morgan fingerprint density at radius 2 is 2.00 bits per heavy atom. The van der Waals surface area contributed by atoms with Crippen LogP contribution in [0, 0.1) is 24.0 Å². The minimum absolute atomic E-state index is 0.0156. The molecular formula is C20H17N3O5S. The first-order valence-corrected chi connectivity index (χ1v) is 9.35. The maximum atomic E-state index is 12.6. The molecule has 0 atom stereocenters. The number of nitro groups is 1. The van der Waals surface area contributed by atoms with Crippen LogP contribution in [-0.2, 0) is 4.79 Å². The third kappa shape index (κ3) is 4.04. The van der Waals surface area contributed by atoms with Crippen molar-refractivity contribution >= 4 is 46.3 Å². The molecular weight excluding hydrogens is 394 g/mol. The van der Waals surface area contributed by atoms with Crippen LogP contribution in [0.4, 0.5) is 11.4 Å². The molecule has 0 spiro atoms. The molecule has 1 amide bonds. The standard InChI is InChI=1S/C20H17N3O5S/c1-11-7-8-13(9-16(11)23(27)28)10-17-18(24)22(3)20(29-17)21-15-6-4-5-14(12(15)2)19(25)26/h4-10H,1-3H3,(H,25,26)/b17-10-,21-20?. The van der Waals surface area contributed by atoms with Gasteiger partial charge in [-0.05, 0) is 54.9 Å². The van der Waals surface area contributed by atoms with Crippen molar-refractivity contribution in [3.63, 3.8) is 0 Å². The van der Waals surface area contributed by atoms with Gasteiger partial charge in [0.2, 0.25) is 0 Å². The van der Waals surface area contributed by atoms with Gasteiger partial charge in [0.25, 0.3) is 11.6 Å². The molecule has 1 N–H and O–H groups in total. The zero-order valence-electron chi connectivity index (χ0n) is 15.9. The van der Waals surface area contributed by atoms with Gasteiger partial charge in [0.15, 0.2) is 5.17 Å². The lowest BCUT2D eigenvalue weighted by molar-refractivity contribution is -0.385. The number of aromatic carboxylic acids is 1. The summed E-state index contributed by atoms with van der Waals surface area (Å²) in [6, 6.07) is 9.53. The quantitative estimate of drug-likeness (QED) is 0.459. The molecule has 2 aromatic rings. The number of nitrogens with zero attached hydrogens (tertiary/aromatic N) is 3. The number of carboxylic acids is 1. The molecule has 1 aliphatic rings. The van der Waals surface area contributed by atoms with Gasteiger partial charge in [-0.2, -0.15) is 0 Å². The Morgan fingerprint density at radius 3 is 2.66 bits per heavy atom. The van der Waals surface area contributed by atoms with Gasteiger partial charge in [0, 0.05) is 18.7 Å². The molecule has 148 valence electrons. The number of amidine groups is 1. The summed E-state index contributed by atoms with van der Waals surface area (Å²) in [7, 11) is 1.57. The molecule has 1 aliphatic heterocycles. The first-order valence-electron chi connectivity index (χ1n) is 8.53. The highest BCUT2D eigenvalue weighted by atomic mass is 32.2. The predicted molar refractivity (Wildman–Crippen MR) is 111 cm³/mol. The minimum Gasteiger partial charge on any atom is -0.478 e. The van der Waals surface area contributed by atoms with Gasteiger partial charge in [0.05, 0.1) is 21.1 Å². The Bertz CT molecular complexity index is 1110. The highest BCUT2D eigenvalue weighted by molar-refractivity contribution is 8.18. The van der Waals surface area contributed by atoms with E-state index in [0.29, 0.717) is 32.5 Å². The molecule has 0 aromatic heterocycles. The number of rotatable bonds is 4. The van der Waals surface area contributed by atoms with E-state index in [1.165, 1.54) is 17.0 Å². The van der Waals surface area contributed by atoms with Crippen LogP contribution in [0.3, 0.4) is 0 Å². The van der Waals surface area contributed by atoms with Gasteiger partial charge in [-0.15, -0.1) is 0 Å². The molecule has 0 radical (unpaired) electrons. The van der Waals surface area contributed by atoms with Gasteiger partial charge in [0.1, 0.15) is 0 Å². The van der Waals surface area contributed by atoms with Crippen molar-refractivity contribution < 1.29 is 19.6 Å². The topological polar surface area (TPSA) is 113 Å². The monoisotopic (exact) mass is 411 g/mol. The summed E-state index contributed by atoms with van der Waals surface area (Å²) < 4.78 is 0. The van der Waals surface area contributed by atoms with Gasteiger partial charge >= 0.3 is 5.97 Å². The van der Waals surface area contributed by atoms with Crippen LogP contribution in [0.15, 0.2) is 46.3 Å². The van der Waals surface area contributed by atoms with Crippen LogP contribution in [0.1, 0.15) is 27.0 Å². The van der Waals surface area contributed by atoms with Crippen molar-refractivity contribution in [3.05, 3.63) is 73.7 Å². The van der Waals surface area contributed by atoms with Crippen LogP contribution < -0.4 is 0 Å². The smallest absolute Gasteiger partial charge is 0.336 e. The summed E-state index contributed by atoms with van der Waals surface area (Å²) in [6.07, 6.45) is 1.58. The van der Waals surface area contributed by atoms with Gasteiger partial charge in [-0.1, -0.05) is 18.2 Å². The largest absolute Gasteiger partial charge is 0.478 e. The molecule has 0 bridgehead atoms. The molecule has 0 aliphatic carbocycles. The second-order valence-corrected chi connectivity index (χ2v) is 7.44. The van der Waals surface area contributed by atoms with E-state index >= 15 is 0 Å². The second kappa shape index (κ2) is 7.88.